The third-order valence-electron chi connectivity index (χ3n) is 5.17. The molecule has 4 rings (SSSR count). The Bertz CT molecular complexity index is 1120. The average molecular weight is 452 g/mol. The number of rotatable bonds is 6. The summed E-state index contributed by atoms with van der Waals surface area (Å²) in [7, 11) is -3.66. The van der Waals surface area contributed by atoms with E-state index in [2.05, 4.69) is 23.8 Å². The van der Waals surface area contributed by atoms with E-state index in [4.69, 9.17) is 0 Å². The lowest BCUT2D eigenvalue weighted by atomic mass is 9.81. The summed E-state index contributed by atoms with van der Waals surface area (Å²) in [4.78, 5) is 16.8. The SMILES string of the molecule is Cc1csc(NC(=O)C2CCC(CNS(=O)(=O)c3cccc4nsnc34)CC2)n1. The Kier molecular flexibility index (Phi) is 5.91. The molecule has 0 radical (unpaired) electrons. The van der Waals surface area contributed by atoms with E-state index in [-0.39, 0.29) is 22.6 Å². The number of fused-ring (bicyclic) bond motifs is 1. The number of nitrogens with zero attached hydrogens (tertiary/aromatic N) is 3. The minimum atomic E-state index is -3.66. The molecule has 0 aliphatic heterocycles. The third-order valence-corrected chi connectivity index (χ3v) is 8.04. The van der Waals surface area contributed by atoms with Gasteiger partial charge in [-0.05, 0) is 50.7 Å². The van der Waals surface area contributed by atoms with Crippen LogP contribution in [0.25, 0.3) is 11.0 Å². The van der Waals surface area contributed by atoms with Crippen molar-refractivity contribution in [2.75, 3.05) is 11.9 Å². The van der Waals surface area contributed by atoms with Crippen molar-refractivity contribution in [1.82, 2.24) is 18.5 Å². The van der Waals surface area contributed by atoms with E-state index in [0.29, 0.717) is 22.7 Å². The number of anilines is 1. The number of nitrogens with one attached hydrogen (secondary N) is 2. The number of sulfonamides is 1. The van der Waals surface area contributed by atoms with Crippen molar-refractivity contribution < 1.29 is 13.2 Å². The molecule has 8 nitrogen and oxygen atoms in total. The van der Waals surface area contributed by atoms with Gasteiger partial charge in [-0.1, -0.05) is 6.07 Å². The van der Waals surface area contributed by atoms with Crippen LogP contribution in [0.3, 0.4) is 0 Å². The number of aryl methyl sites for hydroxylation is 1. The lowest BCUT2D eigenvalue weighted by molar-refractivity contribution is -0.121. The summed E-state index contributed by atoms with van der Waals surface area (Å²) in [5.41, 5.74) is 1.88. The van der Waals surface area contributed by atoms with Gasteiger partial charge >= 0.3 is 0 Å². The largest absolute Gasteiger partial charge is 0.302 e. The van der Waals surface area contributed by atoms with Gasteiger partial charge in [-0.25, -0.2) is 18.1 Å². The molecule has 0 atom stereocenters. The lowest BCUT2D eigenvalue weighted by Crippen LogP contribution is -2.33. The predicted molar refractivity (Wildman–Crippen MR) is 114 cm³/mol. The number of hydrogen-bond donors (Lipinski definition) is 2. The molecular formula is C18H21N5O3S3. The minimum absolute atomic E-state index is 0.00101. The molecule has 29 heavy (non-hydrogen) atoms. The molecule has 1 aliphatic carbocycles. The molecule has 0 spiro atoms. The van der Waals surface area contributed by atoms with Crippen LogP contribution in [0.5, 0.6) is 0 Å². The molecule has 1 fully saturated rings. The molecule has 1 amide bonds. The zero-order chi connectivity index (χ0) is 20.4. The Balaban J connectivity index is 1.30. The second-order valence-electron chi connectivity index (χ2n) is 7.24. The molecule has 2 heterocycles. The van der Waals surface area contributed by atoms with Crippen LogP contribution in [0, 0.1) is 18.8 Å². The fourth-order valence-electron chi connectivity index (χ4n) is 3.55. The molecule has 0 bridgehead atoms. The van der Waals surface area contributed by atoms with Gasteiger partial charge in [0.15, 0.2) is 5.13 Å². The maximum atomic E-state index is 12.7. The van der Waals surface area contributed by atoms with Crippen molar-refractivity contribution in [1.29, 1.82) is 0 Å². The molecule has 3 aromatic rings. The molecule has 1 aromatic carbocycles. The van der Waals surface area contributed by atoms with E-state index in [0.717, 1.165) is 43.1 Å². The molecule has 2 N–H and O–H groups in total. The van der Waals surface area contributed by atoms with Gasteiger partial charge in [-0.3, -0.25) is 4.79 Å². The quantitative estimate of drug-likeness (QED) is 0.595. The zero-order valence-corrected chi connectivity index (χ0v) is 18.2. The zero-order valence-electron chi connectivity index (χ0n) is 15.8. The first-order valence-corrected chi connectivity index (χ1v) is 12.5. The second kappa shape index (κ2) is 8.42. The van der Waals surface area contributed by atoms with Crippen LogP contribution in [-0.2, 0) is 14.8 Å². The Morgan fingerprint density at radius 3 is 2.72 bits per heavy atom. The summed E-state index contributed by atoms with van der Waals surface area (Å²) in [5, 5.41) is 5.42. The van der Waals surface area contributed by atoms with E-state index in [1.807, 2.05) is 12.3 Å². The topological polar surface area (TPSA) is 114 Å². The fraction of sp³-hybridized carbons (Fsp3) is 0.444. The highest BCUT2D eigenvalue weighted by molar-refractivity contribution is 7.89. The van der Waals surface area contributed by atoms with Gasteiger partial charge < -0.3 is 5.32 Å². The third kappa shape index (κ3) is 4.63. The van der Waals surface area contributed by atoms with Gasteiger partial charge in [0.05, 0.1) is 17.4 Å². The normalized spacial score (nSPS) is 20.0. The van der Waals surface area contributed by atoms with Gasteiger partial charge in [-0.2, -0.15) is 8.75 Å². The van der Waals surface area contributed by atoms with Gasteiger partial charge in [-0.15, -0.1) is 11.3 Å². The van der Waals surface area contributed by atoms with E-state index in [1.165, 1.54) is 11.3 Å². The van der Waals surface area contributed by atoms with Crippen LogP contribution < -0.4 is 10.0 Å². The number of carbonyl (C=O) groups is 1. The highest BCUT2D eigenvalue weighted by atomic mass is 32.2. The summed E-state index contributed by atoms with van der Waals surface area (Å²) < 4.78 is 36.4. The molecule has 0 saturated heterocycles. The number of aromatic nitrogens is 3. The van der Waals surface area contributed by atoms with Crippen LogP contribution in [0.2, 0.25) is 0 Å². The Labute approximate surface area is 177 Å². The minimum Gasteiger partial charge on any atom is -0.302 e. The van der Waals surface area contributed by atoms with Crippen LogP contribution in [0.15, 0.2) is 28.5 Å². The Morgan fingerprint density at radius 2 is 2.00 bits per heavy atom. The molecule has 154 valence electrons. The first kappa shape index (κ1) is 20.3. The summed E-state index contributed by atoms with van der Waals surface area (Å²) in [6.07, 6.45) is 3.10. The molecule has 11 heteroatoms. The highest BCUT2D eigenvalue weighted by Crippen LogP contribution is 2.30. The van der Waals surface area contributed by atoms with Crippen molar-refractivity contribution in [3.8, 4) is 0 Å². The smallest absolute Gasteiger partial charge is 0.242 e. The number of amides is 1. The monoisotopic (exact) mass is 451 g/mol. The Hall–Kier alpha value is -1.95. The molecule has 0 unspecified atom stereocenters. The van der Waals surface area contributed by atoms with Crippen molar-refractivity contribution in [2.45, 2.75) is 37.5 Å². The summed E-state index contributed by atoms with van der Waals surface area (Å²) >= 11 is 2.42. The van der Waals surface area contributed by atoms with Crippen LogP contribution in [0.4, 0.5) is 5.13 Å². The van der Waals surface area contributed by atoms with Gasteiger partial charge in [0.25, 0.3) is 0 Å². The first-order valence-electron chi connectivity index (χ1n) is 9.36. The number of thiazole rings is 1. The van der Waals surface area contributed by atoms with Gasteiger partial charge in [0, 0.05) is 17.8 Å². The molecule has 1 saturated carbocycles. The van der Waals surface area contributed by atoms with Crippen molar-refractivity contribution in [3.63, 3.8) is 0 Å². The number of benzene rings is 1. The van der Waals surface area contributed by atoms with Gasteiger partial charge in [0.1, 0.15) is 15.9 Å². The first-order chi connectivity index (χ1) is 13.9. The maximum Gasteiger partial charge on any atom is 0.242 e. The molecule has 1 aliphatic rings. The number of carbonyl (C=O) groups excluding carboxylic acids is 1. The van der Waals surface area contributed by atoms with E-state index in [1.54, 1.807) is 18.2 Å². The summed E-state index contributed by atoms with van der Waals surface area (Å²) in [6, 6.07) is 4.97. The second-order valence-corrected chi connectivity index (χ2v) is 10.4. The summed E-state index contributed by atoms with van der Waals surface area (Å²) in [6.45, 7) is 2.25. The van der Waals surface area contributed by atoms with Crippen molar-refractivity contribution in [2.24, 2.45) is 11.8 Å². The van der Waals surface area contributed by atoms with E-state index >= 15 is 0 Å². The summed E-state index contributed by atoms with van der Waals surface area (Å²) in [5.74, 6) is 0.159. The van der Waals surface area contributed by atoms with Crippen LogP contribution in [-0.4, -0.2) is 34.6 Å². The van der Waals surface area contributed by atoms with Crippen LogP contribution >= 0.6 is 23.1 Å². The lowest BCUT2D eigenvalue weighted by Gasteiger charge is -2.27. The average Bonchev–Trinajstić information content (AvgIpc) is 3.35. The predicted octanol–water partition coefficient (Wildman–Crippen LogP) is 3.18. The Morgan fingerprint density at radius 1 is 1.21 bits per heavy atom. The maximum absolute atomic E-state index is 12.7. The fourth-order valence-corrected chi connectivity index (χ4v) is 6.12. The van der Waals surface area contributed by atoms with Crippen molar-refractivity contribution >= 4 is 55.2 Å². The molecule has 2 aromatic heterocycles. The van der Waals surface area contributed by atoms with E-state index in [9.17, 15) is 13.2 Å². The molecular weight excluding hydrogens is 430 g/mol. The van der Waals surface area contributed by atoms with Crippen LogP contribution in [0.1, 0.15) is 31.4 Å². The standard InChI is InChI=1S/C18H21N5O3S3/c1-11-10-27-18(20-11)21-17(24)13-7-5-12(6-8-13)9-19-29(25,26)15-4-2-3-14-16(15)23-28-22-14/h2-4,10,12-13,19H,5-9H2,1H3,(H,20,21,24). The van der Waals surface area contributed by atoms with Crippen molar-refractivity contribution in [3.05, 3.63) is 29.3 Å². The van der Waals surface area contributed by atoms with Gasteiger partial charge in [0.2, 0.25) is 15.9 Å². The number of hydrogen-bond acceptors (Lipinski definition) is 8. The highest BCUT2D eigenvalue weighted by Gasteiger charge is 2.28. The van der Waals surface area contributed by atoms with E-state index < -0.39 is 10.0 Å².